The number of aliphatic carboxylic acids is 1. The highest BCUT2D eigenvalue weighted by atomic mass is 35.5. The van der Waals surface area contributed by atoms with Gasteiger partial charge in [0.1, 0.15) is 5.54 Å². The van der Waals surface area contributed by atoms with Gasteiger partial charge in [-0.2, -0.15) is 0 Å². The van der Waals surface area contributed by atoms with E-state index in [-0.39, 0.29) is 0 Å². The monoisotopic (exact) mass is 295 g/mol. The Morgan fingerprint density at radius 2 is 1.95 bits per heavy atom. The van der Waals surface area contributed by atoms with Gasteiger partial charge in [-0.05, 0) is 55.9 Å². The van der Waals surface area contributed by atoms with Crippen molar-refractivity contribution in [1.29, 1.82) is 0 Å². The van der Waals surface area contributed by atoms with E-state index in [1.807, 2.05) is 12.1 Å². The second kappa shape index (κ2) is 6.49. The predicted molar refractivity (Wildman–Crippen MR) is 82.3 cm³/mol. The molecule has 0 aliphatic heterocycles. The highest BCUT2D eigenvalue weighted by Crippen LogP contribution is 2.37. The molecule has 0 atom stereocenters. The van der Waals surface area contributed by atoms with Crippen LogP contribution in [0, 0.1) is 5.92 Å². The number of hydrogen-bond donors (Lipinski definition) is 2. The maximum absolute atomic E-state index is 11.7. The van der Waals surface area contributed by atoms with Crippen LogP contribution in [0.5, 0.6) is 0 Å². The van der Waals surface area contributed by atoms with Crippen LogP contribution in [0.25, 0.3) is 0 Å². The van der Waals surface area contributed by atoms with Crippen molar-refractivity contribution in [3.63, 3.8) is 0 Å². The molecule has 1 aliphatic carbocycles. The molecule has 0 aromatic heterocycles. The molecule has 0 spiro atoms. The Balaban J connectivity index is 2.08. The highest BCUT2D eigenvalue weighted by molar-refractivity contribution is 6.30. The molecule has 2 N–H and O–H groups in total. The molecule has 1 fully saturated rings. The van der Waals surface area contributed by atoms with Crippen molar-refractivity contribution in [3.05, 3.63) is 29.3 Å². The first-order valence-corrected chi connectivity index (χ1v) is 7.71. The van der Waals surface area contributed by atoms with E-state index in [4.69, 9.17) is 11.6 Å². The first kappa shape index (κ1) is 15.2. The van der Waals surface area contributed by atoms with Crippen LogP contribution in [0.15, 0.2) is 24.3 Å². The highest BCUT2D eigenvalue weighted by Gasteiger charge is 2.41. The summed E-state index contributed by atoms with van der Waals surface area (Å²) in [6, 6.07) is 7.24. The van der Waals surface area contributed by atoms with Gasteiger partial charge in [-0.3, -0.25) is 0 Å². The molecule has 20 heavy (non-hydrogen) atoms. The molecular formula is C16H22ClNO2. The molecule has 3 nitrogen and oxygen atoms in total. The van der Waals surface area contributed by atoms with Crippen LogP contribution in [0.4, 0.5) is 5.69 Å². The molecule has 110 valence electrons. The predicted octanol–water partition coefficient (Wildman–Crippen LogP) is 4.57. The second-order valence-corrected chi connectivity index (χ2v) is 6.19. The number of carboxylic acid groups (broad SMARTS) is 1. The van der Waals surface area contributed by atoms with Crippen LogP contribution >= 0.6 is 11.6 Å². The summed E-state index contributed by atoms with van der Waals surface area (Å²) in [7, 11) is 0. The largest absolute Gasteiger partial charge is 0.480 e. The zero-order valence-electron chi connectivity index (χ0n) is 11.9. The summed E-state index contributed by atoms with van der Waals surface area (Å²) < 4.78 is 0. The number of benzene rings is 1. The van der Waals surface area contributed by atoms with Crippen LogP contribution in [0.2, 0.25) is 5.02 Å². The molecule has 1 aromatic rings. The van der Waals surface area contributed by atoms with Crippen LogP contribution < -0.4 is 5.32 Å². The third kappa shape index (κ3) is 3.45. The summed E-state index contributed by atoms with van der Waals surface area (Å²) in [5.41, 5.74) is 0.00340. The molecule has 1 aromatic carbocycles. The third-order valence-corrected chi connectivity index (χ3v) is 4.54. The van der Waals surface area contributed by atoms with Crippen LogP contribution in [-0.4, -0.2) is 16.6 Å². The summed E-state index contributed by atoms with van der Waals surface area (Å²) in [6.45, 7) is 2.19. The van der Waals surface area contributed by atoms with E-state index < -0.39 is 11.5 Å². The van der Waals surface area contributed by atoms with Gasteiger partial charge in [0.2, 0.25) is 0 Å². The van der Waals surface area contributed by atoms with Crippen LogP contribution in [0.1, 0.15) is 45.4 Å². The zero-order valence-corrected chi connectivity index (χ0v) is 12.6. The van der Waals surface area contributed by atoms with Gasteiger partial charge in [0.15, 0.2) is 0 Å². The van der Waals surface area contributed by atoms with E-state index in [1.54, 1.807) is 12.1 Å². The minimum atomic E-state index is -0.821. The minimum absolute atomic E-state index is 0.659. The summed E-state index contributed by atoms with van der Waals surface area (Å²) in [5, 5.41) is 13.5. The average Bonchev–Trinajstić information content (AvgIpc) is 2.44. The standard InChI is InChI=1S/C16H22ClNO2/c1-2-3-12-8-10-16(11-9-12,15(19)20)18-14-6-4-13(17)5-7-14/h4-7,12,18H,2-3,8-11H2,1H3,(H,19,20). The summed E-state index contributed by atoms with van der Waals surface area (Å²) >= 11 is 5.86. The summed E-state index contributed by atoms with van der Waals surface area (Å²) in [5.74, 6) is -0.0677. The Labute approximate surface area is 125 Å². The molecule has 0 unspecified atom stereocenters. The molecule has 0 heterocycles. The summed E-state index contributed by atoms with van der Waals surface area (Å²) in [4.78, 5) is 11.7. The normalized spacial score (nSPS) is 26.2. The molecule has 0 amide bonds. The Hall–Kier alpha value is -1.22. The van der Waals surface area contributed by atoms with Crippen molar-refractivity contribution in [2.75, 3.05) is 5.32 Å². The average molecular weight is 296 g/mol. The third-order valence-electron chi connectivity index (χ3n) is 4.29. The van der Waals surface area contributed by atoms with Crippen LogP contribution in [-0.2, 0) is 4.79 Å². The SMILES string of the molecule is CCCC1CCC(Nc2ccc(Cl)cc2)(C(=O)O)CC1. The number of halogens is 1. The Bertz CT molecular complexity index is 450. The van der Waals surface area contributed by atoms with Crippen molar-refractivity contribution in [1.82, 2.24) is 0 Å². The fraction of sp³-hybridized carbons (Fsp3) is 0.562. The maximum atomic E-state index is 11.7. The second-order valence-electron chi connectivity index (χ2n) is 5.75. The van der Waals surface area contributed by atoms with Crippen molar-refractivity contribution in [2.24, 2.45) is 5.92 Å². The zero-order chi connectivity index (χ0) is 14.6. The number of rotatable bonds is 5. The van der Waals surface area contributed by atoms with E-state index in [2.05, 4.69) is 12.2 Å². The Morgan fingerprint density at radius 3 is 2.45 bits per heavy atom. The molecule has 1 aliphatic rings. The van der Waals surface area contributed by atoms with Gasteiger partial charge < -0.3 is 10.4 Å². The summed E-state index contributed by atoms with van der Waals surface area (Å²) in [6.07, 6.45) is 5.73. The number of anilines is 1. The molecule has 0 bridgehead atoms. The molecule has 1 saturated carbocycles. The number of carbonyl (C=O) groups is 1. The lowest BCUT2D eigenvalue weighted by atomic mass is 9.75. The first-order valence-electron chi connectivity index (χ1n) is 7.33. The van der Waals surface area contributed by atoms with E-state index >= 15 is 0 Å². The quantitative estimate of drug-likeness (QED) is 0.837. The molecule has 4 heteroatoms. The number of hydrogen-bond acceptors (Lipinski definition) is 2. The van der Waals surface area contributed by atoms with E-state index in [0.29, 0.717) is 23.8 Å². The lowest BCUT2D eigenvalue weighted by Gasteiger charge is -2.38. The number of nitrogens with one attached hydrogen (secondary N) is 1. The van der Waals surface area contributed by atoms with Gasteiger partial charge in [0, 0.05) is 10.7 Å². The van der Waals surface area contributed by atoms with Gasteiger partial charge >= 0.3 is 5.97 Å². The minimum Gasteiger partial charge on any atom is -0.480 e. The van der Waals surface area contributed by atoms with E-state index in [1.165, 1.54) is 12.8 Å². The molecule has 0 saturated heterocycles. The van der Waals surface area contributed by atoms with E-state index in [9.17, 15) is 9.90 Å². The van der Waals surface area contributed by atoms with Crippen molar-refractivity contribution < 1.29 is 9.90 Å². The van der Waals surface area contributed by atoms with Gasteiger partial charge in [0.25, 0.3) is 0 Å². The smallest absolute Gasteiger partial charge is 0.329 e. The van der Waals surface area contributed by atoms with Crippen molar-refractivity contribution in [3.8, 4) is 0 Å². The first-order chi connectivity index (χ1) is 9.55. The Kier molecular flexibility index (Phi) is 4.92. The molecule has 2 rings (SSSR count). The molecular weight excluding hydrogens is 274 g/mol. The van der Waals surface area contributed by atoms with Gasteiger partial charge in [-0.1, -0.05) is 31.4 Å². The Morgan fingerprint density at radius 1 is 1.35 bits per heavy atom. The molecule has 0 radical (unpaired) electrons. The topological polar surface area (TPSA) is 49.3 Å². The van der Waals surface area contributed by atoms with Crippen molar-refractivity contribution >= 4 is 23.3 Å². The lowest BCUT2D eigenvalue weighted by Crippen LogP contribution is -2.49. The number of carboxylic acids is 1. The van der Waals surface area contributed by atoms with Crippen LogP contribution in [0.3, 0.4) is 0 Å². The fourth-order valence-electron chi connectivity index (χ4n) is 3.07. The van der Waals surface area contributed by atoms with Gasteiger partial charge in [-0.15, -0.1) is 0 Å². The fourth-order valence-corrected chi connectivity index (χ4v) is 3.20. The van der Waals surface area contributed by atoms with Gasteiger partial charge in [-0.25, -0.2) is 4.79 Å². The van der Waals surface area contributed by atoms with E-state index in [0.717, 1.165) is 18.5 Å². The lowest BCUT2D eigenvalue weighted by molar-refractivity contribution is -0.143. The maximum Gasteiger partial charge on any atom is 0.329 e. The van der Waals surface area contributed by atoms with Crippen molar-refractivity contribution in [2.45, 2.75) is 51.0 Å². The van der Waals surface area contributed by atoms with Gasteiger partial charge in [0.05, 0.1) is 0 Å².